The Morgan fingerprint density at radius 1 is 1.62 bits per heavy atom. The van der Waals surface area contributed by atoms with Crippen molar-refractivity contribution in [1.29, 1.82) is 0 Å². The molecule has 1 atom stereocenters. The van der Waals surface area contributed by atoms with Gasteiger partial charge in [0.25, 0.3) is 5.56 Å². The Bertz CT molecular complexity index is 426. The molecule has 1 heterocycles. The van der Waals surface area contributed by atoms with E-state index in [1.807, 2.05) is 0 Å². The highest BCUT2D eigenvalue weighted by Gasteiger charge is 2.22. The summed E-state index contributed by atoms with van der Waals surface area (Å²) in [5.74, 6) is 0.517. The minimum Gasteiger partial charge on any atom is -0.300 e. The van der Waals surface area contributed by atoms with Gasteiger partial charge in [0.1, 0.15) is 0 Å². The smallest absolute Gasteiger partial charge is 0.300 e. The van der Waals surface area contributed by atoms with Crippen LogP contribution in [-0.4, -0.2) is 9.55 Å². The van der Waals surface area contributed by atoms with Gasteiger partial charge < -0.3 is 4.57 Å². The molecule has 1 radical (unpaired) electrons. The van der Waals surface area contributed by atoms with E-state index < -0.39 is 0 Å². The molecule has 0 aromatic carbocycles. The molecule has 1 saturated carbocycles. The Hall–Kier alpha value is -1.32. The van der Waals surface area contributed by atoms with Gasteiger partial charge in [-0.1, -0.05) is 0 Å². The second-order valence-electron chi connectivity index (χ2n) is 3.46. The number of hydrogen-bond donors (Lipinski definition) is 1. The lowest BCUT2D eigenvalue weighted by Gasteiger charge is -2.03. The van der Waals surface area contributed by atoms with Crippen molar-refractivity contribution in [2.75, 3.05) is 0 Å². The van der Waals surface area contributed by atoms with Gasteiger partial charge in [0.15, 0.2) is 0 Å². The van der Waals surface area contributed by atoms with Crippen LogP contribution in [0.1, 0.15) is 12.0 Å². The summed E-state index contributed by atoms with van der Waals surface area (Å²) >= 11 is 0. The Labute approximate surface area is 75.2 Å². The van der Waals surface area contributed by atoms with Crippen LogP contribution in [0.3, 0.4) is 0 Å². The maximum absolute atomic E-state index is 11.2. The van der Waals surface area contributed by atoms with Crippen LogP contribution in [0.25, 0.3) is 0 Å². The summed E-state index contributed by atoms with van der Waals surface area (Å²) in [4.78, 5) is 24.5. The molecule has 13 heavy (non-hydrogen) atoms. The van der Waals surface area contributed by atoms with Gasteiger partial charge in [-0.05, 0) is 25.7 Å². The Kier molecular flexibility index (Phi) is 1.83. The van der Waals surface area contributed by atoms with Crippen molar-refractivity contribution < 1.29 is 0 Å². The fourth-order valence-electron chi connectivity index (χ4n) is 1.25. The average Bonchev–Trinajstić information content (AvgIpc) is 2.84. The zero-order chi connectivity index (χ0) is 9.42. The minimum atomic E-state index is -0.309. The Morgan fingerprint density at radius 2 is 2.31 bits per heavy atom. The Balaban J connectivity index is 2.38. The molecule has 0 bridgehead atoms. The molecule has 1 aliphatic carbocycles. The van der Waals surface area contributed by atoms with Gasteiger partial charge in [0.05, 0.1) is 0 Å². The van der Waals surface area contributed by atoms with Crippen LogP contribution in [0.2, 0.25) is 0 Å². The Morgan fingerprint density at radius 3 is 2.92 bits per heavy atom. The summed E-state index contributed by atoms with van der Waals surface area (Å²) in [6, 6.07) is 0. The van der Waals surface area contributed by atoms with E-state index in [9.17, 15) is 9.59 Å². The second-order valence-corrected chi connectivity index (χ2v) is 3.46. The highest BCUT2D eigenvalue weighted by molar-refractivity contribution is 5.02. The first kappa shape index (κ1) is 8.29. The highest BCUT2D eigenvalue weighted by Crippen LogP contribution is 2.28. The summed E-state index contributed by atoms with van der Waals surface area (Å²) in [5, 5.41) is 0. The highest BCUT2D eigenvalue weighted by atomic mass is 16.2. The fourth-order valence-corrected chi connectivity index (χ4v) is 1.25. The molecular weight excluding hydrogens is 168 g/mol. The summed E-state index contributed by atoms with van der Waals surface area (Å²) in [6.45, 7) is 2.39. The topological polar surface area (TPSA) is 54.9 Å². The van der Waals surface area contributed by atoms with E-state index in [1.165, 1.54) is 0 Å². The summed E-state index contributed by atoms with van der Waals surface area (Å²) < 4.78 is 1.56. The number of nitrogens with zero attached hydrogens (tertiary/aromatic N) is 1. The SMILES string of the molecule is Cc1cn(CC2[CH]C2)c(=O)[nH]c1=O. The number of H-pyrrole nitrogens is 1. The van der Waals surface area contributed by atoms with Gasteiger partial charge in [-0.2, -0.15) is 0 Å². The van der Waals surface area contributed by atoms with Crippen molar-refractivity contribution in [2.45, 2.75) is 19.9 Å². The normalized spacial score (nSPS) is 16.1. The predicted octanol–water partition coefficient (Wildman–Crippen LogP) is 0.0692. The zero-order valence-corrected chi connectivity index (χ0v) is 7.41. The van der Waals surface area contributed by atoms with Crippen molar-refractivity contribution >= 4 is 0 Å². The first-order valence-corrected chi connectivity index (χ1v) is 4.30. The van der Waals surface area contributed by atoms with Crippen molar-refractivity contribution in [3.8, 4) is 0 Å². The molecule has 0 aliphatic heterocycles. The van der Waals surface area contributed by atoms with Crippen LogP contribution in [-0.2, 0) is 6.54 Å². The molecule has 2 rings (SSSR count). The number of aromatic amines is 1. The summed E-state index contributed by atoms with van der Waals surface area (Å²) in [5.41, 5.74) is -0.0165. The average molecular weight is 179 g/mol. The molecule has 69 valence electrons. The number of nitrogens with one attached hydrogen (secondary N) is 1. The summed E-state index contributed by atoms with van der Waals surface area (Å²) in [7, 11) is 0. The lowest BCUT2D eigenvalue weighted by Crippen LogP contribution is -2.31. The molecule has 1 aliphatic rings. The lowest BCUT2D eigenvalue weighted by molar-refractivity contribution is 0.598. The third-order valence-corrected chi connectivity index (χ3v) is 2.19. The molecule has 1 fully saturated rings. The fraction of sp³-hybridized carbons (Fsp3) is 0.444. The van der Waals surface area contributed by atoms with E-state index >= 15 is 0 Å². The van der Waals surface area contributed by atoms with Crippen LogP contribution < -0.4 is 11.2 Å². The molecule has 0 amide bonds. The van der Waals surface area contributed by atoms with E-state index in [-0.39, 0.29) is 11.2 Å². The largest absolute Gasteiger partial charge is 0.328 e. The van der Waals surface area contributed by atoms with E-state index in [0.717, 1.165) is 6.42 Å². The third kappa shape index (κ3) is 1.71. The molecule has 0 saturated heterocycles. The molecular formula is C9H11N2O2. The number of aryl methyl sites for hydroxylation is 1. The molecule has 0 spiro atoms. The van der Waals surface area contributed by atoms with Crippen molar-refractivity contribution in [3.63, 3.8) is 0 Å². The maximum Gasteiger partial charge on any atom is 0.328 e. The van der Waals surface area contributed by atoms with Gasteiger partial charge >= 0.3 is 5.69 Å². The van der Waals surface area contributed by atoms with E-state index in [2.05, 4.69) is 11.4 Å². The number of hydrogen-bond acceptors (Lipinski definition) is 2. The van der Waals surface area contributed by atoms with Gasteiger partial charge in [0.2, 0.25) is 0 Å². The van der Waals surface area contributed by atoms with Crippen LogP contribution >= 0.6 is 0 Å². The quantitative estimate of drug-likeness (QED) is 0.698. The van der Waals surface area contributed by atoms with Crippen LogP contribution in [0.5, 0.6) is 0 Å². The molecule has 1 aromatic heterocycles. The van der Waals surface area contributed by atoms with Gasteiger partial charge in [-0.3, -0.25) is 9.78 Å². The van der Waals surface area contributed by atoms with Gasteiger partial charge in [0, 0.05) is 18.3 Å². The minimum absolute atomic E-state index is 0.291. The van der Waals surface area contributed by atoms with E-state index in [0.29, 0.717) is 18.0 Å². The van der Waals surface area contributed by atoms with Crippen LogP contribution in [0, 0.1) is 19.3 Å². The van der Waals surface area contributed by atoms with Crippen molar-refractivity contribution in [2.24, 2.45) is 5.92 Å². The van der Waals surface area contributed by atoms with Crippen LogP contribution in [0.15, 0.2) is 15.8 Å². The van der Waals surface area contributed by atoms with Gasteiger partial charge in [-0.25, -0.2) is 4.79 Å². The lowest BCUT2D eigenvalue weighted by atomic mass is 10.3. The third-order valence-electron chi connectivity index (χ3n) is 2.19. The van der Waals surface area contributed by atoms with E-state index in [1.54, 1.807) is 17.7 Å². The molecule has 4 nitrogen and oxygen atoms in total. The first-order chi connectivity index (χ1) is 6.16. The maximum atomic E-state index is 11.2. The van der Waals surface area contributed by atoms with Crippen LogP contribution in [0.4, 0.5) is 0 Å². The zero-order valence-electron chi connectivity index (χ0n) is 7.41. The van der Waals surface area contributed by atoms with Crippen molar-refractivity contribution in [1.82, 2.24) is 9.55 Å². The molecule has 1 unspecified atom stereocenters. The predicted molar refractivity (Wildman–Crippen MR) is 48.5 cm³/mol. The second kappa shape index (κ2) is 2.87. The first-order valence-electron chi connectivity index (χ1n) is 4.30. The molecule has 1 aromatic rings. The number of rotatable bonds is 2. The molecule has 1 N–H and O–H groups in total. The monoisotopic (exact) mass is 179 g/mol. The van der Waals surface area contributed by atoms with E-state index in [4.69, 9.17) is 0 Å². The molecule has 4 heteroatoms. The van der Waals surface area contributed by atoms with Gasteiger partial charge in [-0.15, -0.1) is 0 Å². The number of aromatic nitrogens is 2. The summed E-state index contributed by atoms with van der Waals surface area (Å²) in [6.07, 6.45) is 4.84. The standard InChI is InChI=1S/C9H11N2O2/c1-6-4-11(5-7-2-3-7)9(13)10-8(6)12/h2,4,7H,3,5H2,1H3,(H,10,12,13). The van der Waals surface area contributed by atoms with Crippen molar-refractivity contribution in [3.05, 3.63) is 39.0 Å².